The number of carbonyl (C=O) groups is 2. The number of hydrogen-bond donors (Lipinski definition) is 1. The lowest BCUT2D eigenvalue weighted by molar-refractivity contribution is -0.153. The Morgan fingerprint density at radius 1 is 1.00 bits per heavy atom. The summed E-state index contributed by atoms with van der Waals surface area (Å²) in [4.78, 5) is 32.9. The molecule has 3 aromatic rings. The molecule has 3 aromatic carbocycles. The Kier molecular flexibility index (Phi) is 6.98. The second-order valence-corrected chi connectivity index (χ2v) is 8.90. The number of guanidine groups is 1. The molecule has 0 spiro atoms. The van der Waals surface area contributed by atoms with Gasteiger partial charge in [-0.15, -0.1) is 0 Å². The molecule has 0 fully saturated rings. The number of nitrogens with zero attached hydrogens (tertiary/aromatic N) is 2. The van der Waals surface area contributed by atoms with Crippen molar-refractivity contribution in [3.05, 3.63) is 101 Å². The van der Waals surface area contributed by atoms with Gasteiger partial charge in [0.1, 0.15) is 18.4 Å². The Bertz CT molecular complexity index is 1260. The number of nitrogens with one attached hydrogen (secondary N) is 1. The van der Waals surface area contributed by atoms with E-state index in [2.05, 4.69) is 22.3 Å². The molecule has 1 amide bonds. The molecule has 0 aromatic heterocycles. The summed E-state index contributed by atoms with van der Waals surface area (Å²) >= 11 is 0. The van der Waals surface area contributed by atoms with Crippen molar-refractivity contribution in [1.29, 1.82) is 0 Å². The molecule has 7 nitrogen and oxygen atoms in total. The number of fused-ring (bicyclic) bond motifs is 1. The van der Waals surface area contributed by atoms with Crippen LogP contribution in [0.1, 0.15) is 35.2 Å². The van der Waals surface area contributed by atoms with Gasteiger partial charge in [-0.2, -0.15) is 0 Å². The molecule has 0 aliphatic carbocycles. The number of benzene rings is 3. The fraction of sp³-hybridized carbons (Fsp3) is 0.276. The zero-order valence-electron chi connectivity index (χ0n) is 20.2. The van der Waals surface area contributed by atoms with Gasteiger partial charge in [0.2, 0.25) is 11.9 Å². The van der Waals surface area contributed by atoms with E-state index >= 15 is 0 Å². The van der Waals surface area contributed by atoms with Crippen LogP contribution >= 0.6 is 0 Å². The highest BCUT2D eigenvalue weighted by molar-refractivity contribution is 6.08. The first-order chi connectivity index (χ1) is 17.6. The average molecular weight is 484 g/mol. The smallest absolute Gasteiger partial charge is 0.321 e. The van der Waals surface area contributed by atoms with Crippen LogP contribution in [-0.2, 0) is 33.9 Å². The number of esters is 1. The molecule has 0 saturated heterocycles. The molecule has 2 heterocycles. The van der Waals surface area contributed by atoms with Crippen LogP contribution in [0, 0.1) is 5.92 Å². The van der Waals surface area contributed by atoms with Crippen LogP contribution in [0.4, 0.5) is 0 Å². The maximum Gasteiger partial charge on any atom is 0.321 e. The van der Waals surface area contributed by atoms with Crippen molar-refractivity contribution >= 4 is 17.8 Å². The number of ether oxygens (including phenoxy) is 2. The van der Waals surface area contributed by atoms with Gasteiger partial charge in [-0.25, -0.2) is 4.99 Å². The van der Waals surface area contributed by atoms with Gasteiger partial charge < -0.3 is 14.4 Å². The second kappa shape index (κ2) is 10.6. The van der Waals surface area contributed by atoms with E-state index in [1.54, 1.807) is 6.92 Å². The monoisotopic (exact) mass is 483 g/mol. The standard InChI is InChI=1S/C29H29N3O4/c1-2-35-28(34)25-26(22-12-14-24(15-13-22)36-19-20-8-4-3-5-9-20)30-29(31-27(25)33)32-17-16-21-10-6-7-11-23(21)18-32/h3-15,25-26H,2,16-19H2,1H3,(H,30,31,33)/t25-,26+/m0/s1. The molecule has 0 saturated carbocycles. The second-order valence-electron chi connectivity index (χ2n) is 8.90. The molecule has 184 valence electrons. The minimum absolute atomic E-state index is 0.196. The Labute approximate surface area is 210 Å². The third kappa shape index (κ3) is 5.10. The summed E-state index contributed by atoms with van der Waals surface area (Å²) in [7, 11) is 0. The van der Waals surface area contributed by atoms with Crippen molar-refractivity contribution < 1.29 is 19.1 Å². The first-order valence-electron chi connectivity index (χ1n) is 12.3. The quantitative estimate of drug-likeness (QED) is 0.423. The summed E-state index contributed by atoms with van der Waals surface area (Å²) in [5, 5.41) is 2.87. The zero-order valence-corrected chi connectivity index (χ0v) is 20.2. The van der Waals surface area contributed by atoms with Gasteiger partial charge in [0, 0.05) is 13.1 Å². The minimum atomic E-state index is -1.05. The maximum atomic E-state index is 13.2. The van der Waals surface area contributed by atoms with E-state index in [1.165, 1.54) is 11.1 Å². The van der Waals surface area contributed by atoms with Gasteiger partial charge in [-0.05, 0) is 47.7 Å². The molecule has 2 aliphatic heterocycles. The highest BCUT2D eigenvalue weighted by atomic mass is 16.5. The summed E-state index contributed by atoms with van der Waals surface area (Å²) in [6, 6.07) is 25.0. The van der Waals surface area contributed by atoms with E-state index in [4.69, 9.17) is 14.5 Å². The first kappa shape index (κ1) is 23.6. The van der Waals surface area contributed by atoms with E-state index in [-0.39, 0.29) is 6.61 Å². The first-order valence-corrected chi connectivity index (χ1v) is 12.3. The summed E-state index contributed by atoms with van der Waals surface area (Å²) in [6.45, 7) is 3.77. The van der Waals surface area contributed by atoms with Crippen LogP contribution in [0.3, 0.4) is 0 Å². The minimum Gasteiger partial charge on any atom is -0.489 e. The fourth-order valence-corrected chi connectivity index (χ4v) is 4.64. The number of amides is 1. The van der Waals surface area contributed by atoms with Gasteiger partial charge in [0.05, 0.1) is 6.61 Å². The Morgan fingerprint density at radius 2 is 1.72 bits per heavy atom. The molecule has 2 atom stereocenters. The average Bonchev–Trinajstić information content (AvgIpc) is 2.92. The SMILES string of the molecule is CCOC(=O)[C@@H]1C(=O)NC(N2CCc3ccccc3C2)=N[C@@H]1c1ccc(OCc2ccccc2)cc1. The Hall–Kier alpha value is -4.13. The number of carbonyl (C=O) groups excluding carboxylic acids is 2. The Balaban J connectivity index is 1.39. The molecule has 2 aliphatic rings. The molecular formula is C29H29N3O4. The third-order valence-electron chi connectivity index (χ3n) is 6.54. The van der Waals surface area contributed by atoms with Gasteiger partial charge in [0.15, 0.2) is 5.92 Å². The largest absolute Gasteiger partial charge is 0.489 e. The van der Waals surface area contributed by atoms with Crippen LogP contribution in [0.2, 0.25) is 0 Å². The topological polar surface area (TPSA) is 80.2 Å². The molecule has 0 bridgehead atoms. The van der Waals surface area contributed by atoms with Gasteiger partial charge in [-0.3, -0.25) is 14.9 Å². The lowest BCUT2D eigenvalue weighted by Gasteiger charge is -2.36. The summed E-state index contributed by atoms with van der Waals surface area (Å²) in [5.74, 6) is -0.832. The number of rotatable bonds is 6. The lowest BCUT2D eigenvalue weighted by Crippen LogP contribution is -2.53. The highest BCUT2D eigenvalue weighted by Crippen LogP contribution is 2.33. The van der Waals surface area contributed by atoms with E-state index in [0.29, 0.717) is 24.9 Å². The van der Waals surface area contributed by atoms with Crippen molar-refractivity contribution in [2.24, 2.45) is 10.9 Å². The van der Waals surface area contributed by atoms with Crippen LogP contribution in [0.25, 0.3) is 0 Å². The summed E-state index contributed by atoms with van der Waals surface area (Å²) < 4.78 is 11.1. The Morgan fingerprint density at radius 3 is 2.47 bits per heavy atom. The van der Waals surface area contributed by atoms with Crippen LogP contribution in [0.15, 0.2) is 83.9 Å². The van der Waals surface area contributed by atoms with Crippen LogP contribution in [-0.4, -0.2) is 35.9 Å². The molecule has 36 heavy (non-hydrogen) atoms. The van der Waals surface area contributed by atoms with E-state index < -0.39 is 23.8 Å². The molecule has 7 heteroatoms. The van der Waals surface area contributed by atoms with Gasteiger partial charge in [0.25, 0.3) is 0 Å². The normalized spacial score (nSPS) is 19.1. The molecule has 0 unspecified atom stereocenters. The van der Waals surface area contributed by atoms with Gasteiger partial charge >= 0.3 is 5.97 Å². The van der Waals surface area contributed by atoms with E-state index in [0.717, 1.165) is 24.1 Å². The molecular weight excluding hydrogens is 454 g/mol. The molecule has 1 N–H and O–H groups in total. The third-order valence-corrected chi connectivity index (χ3v) is 6.54. The zero-order chi connectivity index (χ0) is 24.9. The van der Waals surface area contributed by atoms with Gasteiger partial charge in [-0.1, -0.05) is 66.7 Å². The van der Waals surface area contributed by atoms with Crippen LogP contribution in [0.5, 0.6) is 5.75 Å². The predicted octanol–water partition coefficient (Wildman–Crippen LogP) is 4.03. The van der Waals surface area contributed by atoms with E-state index in [9.17, 15) is 9.59 Å². The summed E-state index contributed by atoms with van der Waals surface area (Å²) in [5.41, 5.74) is 4.35. The highest BCUT2D eigenvalue weighted by Gasteiger charge is 2.42. The molecule has 5 rings (SSSR count). The fourth-order valence-electron chi connectivity index (χ4n) is 4.64. The molecule has 0 radical (unpaired) electrons. The van der Waals surface area contributed by atoms with E-state index in [1.807, 2.05) is 66.7 Å². The lowest BCUT2D eigenvalue weighted by atomic mass is 9.91. The number of hydrogen-bond acceptors (Lipinski definition) is 6. The van der Waals surface area contributed by atoms with Crippen molar-refractivity contribution in [2.75, 3.05) is 13.2 Å². The predicted molar refractivity (Wildman–Crippen MR) is 136 cm³/mol. The summed E-state index contributed by atoms with van der Waals surface area (Å²) in [6.07, 6.45) is 0.866. The maximum absolute atomic E-state index is 13.2. The van der Waals surface area contributed by atoms with Crippen molar-refractivity contribution in [3.63, 3.8) is 0 Å². The number of aliphatic imine (C=N–C) groups is 1. The van der Waals surface area contributed by atoms with Crippen molar-refractivity contribution in [2.45, 2.75) is 32.5 Å². The van der Waals surface area contributed by atoms with Crippen molar-refractivity contribution in [3.8, 4) is 5.75 Å². The van der Waals surface area contributed by atoms with Crippen molar-refractivity contribution in [1.82, 2.24) is 10.2 Å². The van der Waals surface area contributed by atoms with Crippen LogP contribution < -0.4 is 10.1 Å².